The van der Waals surface area contributed by atoms with Crippen molar-refractivity contribution < 1.29 is 0 Å². The number of benzene rings is 2. The van der Waals surface area contributed by atoms with Crippen molar-refractivity contribution in [3.05, 3.63) is 48.0 Å². The molecule has 0 bridgehead atoms. The minimum absolute atomic E-state index is 0.704. The van der Waals surface area contributed by atoms with Crippen LogP contribution in [0.3, 0.4) is 0 Å². The molecular formula is C17H21N. The summed E-state index contributed by atoms with van der Waals surface area (Å²) in [6.07, 6.45) is 3.80. The molecule has 2 atom stereocenters. The molecule has 1 N–H and O–H groups in total. The third-order valence-electron chi connectivity index (χ3n) is 4.23. The van der Waals surface area contributed by atoms with Gasteiger partial charge in [0.2, 0.25) is 0 Å². The van der Waals surface area contributed by atoms with Gasteiger partial charge in [-0.25, -0.2) is 0 Å². The van der Waals surface area contributed by atoms with E-state index in [2.05, 4.69) is 54.7 Å². The quantitative estimate of drug-likeness (QED) is 0.832. The van der Waals surface area contributed by atoms with Crippen molar-refractivity contribution in [1.82, 2.24) is 5.32 Å². The van der Waals surface area contributed by atoms with Crippen LogP contribution in [0.15, 0.2) is 42.5 Å². The highest BCUT2D eigenvalue weighted by molar-refractivity contribution is 5.83. The van der Waals surface area contributed by atoms with E-state index in [-0.39, 0.29) is 0 Å². The summed E-state index contributed by atoms with van der Waals surface area (Å²) in [6.45, 7) is 3.44. The molecule has 1 aliphatic heterocycles. The van der Waals surface area contributed by atoms with E-state index < -0.39 is 0 Å². The average molecular weight is 239 g/mol. The number of fused-ring (bicyclic) bond motifs is 1. The van der Waals surface area contributed by atoms with Gasteiger partial charge in [-0.2, -0.15) is 0 Å². The van der Waals surface area contributed by atoms with Crippen LogP contribution < -0.4 is 5.32 Å². The highest BCUT2D eigenvalue weighted by Crippen LogP contribution is 2.30. The summed E-state index contributed by atoms with van der Waals surface area (Å²) in [7, 11) is 0. The maximum absolute atomic E-state index is 3.61. The van der Waals surface area contributed by atoms with Gasteiger partial charge in [0.15, 0.2) is 0 Å². The summed E-state index contributed by atoms with van der Waals surface area (Å²) in [5.41, 5.74) is 1.52. The Morgan fingerprint density at radius 3 is 2.78 bits per heavy atom. The lowest BCUT2D eigenvalue weighted by Gasteiger charge is -2.30. The summed E-state index contributed by atoms with van der Waals surface area (Å²) < 4.78 is 0. The topological polar surface area (TPSA) is 12.0 Å². The molecular weight excluding hydrogens is 218 g/mol. The Morgan fingerprint density at radius 2 is 1.94 bits per heavy atom. The molecule has 1 saturated heterocycles. The van der Waals surface area contributed by atoms with Gasteiger partial charge in [-0.3, -0.25) is 0 Å². The fourth-order valence-corrected chi connectivity index (χ4v) is 3.08. The Hall–Kier alpha value is -1.34. The van der Waals surface area contributed by atoms with E-state index in [0.29, 0.717) is 6.04 Å². The van der Waals surface area contributed by atoms with Gasteiger partial charge >= 0.3 is 0 Å². The van der Waals surface area contributed by atoms with Crippen molar-refractivity contribution in [2.75, 3.05) is 6.54 Å². The third-order valence-corrected chi connectivity index (χ3v) is 4.23. The van der Waals surface area contributed by atoms with Crippen molar-refractivity contribution in [2.45, 2.75) is 38.1 Å². The van der Waals surface area contributed by atoms with E-state index in [9.17, 15) is 0 Å². The standard InChI is InChI=1S/C17H21N/c1-2-17-12-16(9-10-18-17)15-8-7-13-5-3-4-6-14(13)11-15/h3-8,11,16-18H,2,9-10,12H2,1H3/t16-,17+/m0/s1. The number of rotatable bonds is 2. The van der Waals surface area contributed by atoms with Gasteiger partial charge in [-0.15, -0.1) is 0 Å². The first-order valence-corrected chi connectivity index (χ1v) is 7.09. The fraction of sp³-hybridized carbons (Fsp3) is 0.412. The Labute approximate surface area is 109 Å². The molecule has 0 unspecified atom stereocenters. The van der Waals surface area contributed by atoms with E-state index in [4.69, 9.17) is 0 Å². The molecule has 0 spiro atoms. The third kappa shape index (κ3) is 2.28. The second-order valence-electron chi connectivity index (χ2n) is 5.39. The minimum atomic E-state index is 0.704. The maximum Gasteiger partial charge on any atom is 0.00702 e. The number of hydrogen-bond donors (Lipinski definition) is 1. The second kappa shape index (κ2) is 5.11. The molecule has 3 rings (SSSR count). The Bertz CT molecular complexity index is 532. The van der Waals surface area contributed by atoms with Crippen molar-refractivity contribution in [3.8, 4) is 0 Å². The predicted molar refractivity (Wildman–Crippen MR) is 78.0 cm³/mol. The SMILES string of the molecule is CC[C@@H]1C[C@@H](c2ccc3ccccc3c2)CCN1. The molecule has 0 aromatic heterocycles. The summed E-state index contributed by atoms with van der Waals surface area (Å²) >= 11 is 0. The summed E-state index contributed by atoms with van der Waals surface area (Å²) in [4.78, 5) is 0. The van der Waals surface area contributed by atoms with Crippen LogP contribution in [-0.4, -0.2) is 12.6 Å². The van der Waals surface area contributed by atoms with Crippen LogP contribution in [0.1, 0.15) is 37.7 Å². The van der Waals surface area contributed by atoms with E-state index in [1.165, 1.54) is 35.6 Å². The summed E-state index contributed by atoms with van der Waals surface area (Å²) in [5, 5.41) is 6.33. The van der Waals surface area contributed by atoms with Gasteiger partial charge in [0.1, 0.15) is 0 Å². The zero-order valence-corrected chi connectivity index (χ0v) is 11.0. The fourth-order valence-electron chi connectivity index (χ4n) is 3.08. The zero-order valence-electron chi connectivity index (χ0n) is 11.0. The molecule has 18 heavy (non-hydrogen) atoms. The van der Waals surface area contributed by atoms with Crippen LogP contribution in [0, 0.1) is 0 Å². The molecule has 1 heteroatoms. The normalized spacial score (nSPS) is 24.3. The van der Waals surface area contributed by atoms with E-state index in [1.54, 1.807) is 0 Å². The number of piperidine rings is 1. The van der Waals surface area contributed by atoms with E-state index in [1.807, 2.05) is 0 Å². The van der Waals surface area contributed by atoms with Gasteiger partial charge in [-0.1, -0.05) is 49.4 Å². The van der Waals surface area contributed by atoms with Gasteiger partial charge in [0.25, 0.3) is 0 Å². The van der Waals surface area contributed by atoms with Crippen LogP contribution in [0.5, 0.6) is 0 Å². The molecule has 2 aromatic carbocycles. The zero-order chi connectivity index (χ0) is 12.4. The van der Waals surface area contributed by atoms with Crippen LogP contribution in [0.2, 0.25) is 0 Å². The minimum Gasteiger partial charge on any atom is -0.314 e. The molecule has 1 nitrogen and oxygen atoms in total. The molecule has 94 valence electrons. The highest BCUT2D eigenvalue weighted by atomic mass is 14.9. The lowest BCUT2D eigenvalue weighted by atomic mass is 9.85. The lowest BCUT2D eigenvalue weighted by molar-refractivity contribution is 0.355. The molecule has 1 heterocycles. The monoisotopic (exact) mass is 239 g/mol. The van der Waals surface area contributed by atoms with Crippen LogP contribution in [0.4, 0.5) is 0 Å². The molecule has 0 radical (unpaired) electrons. The Balaban J connectivity index is 1.89. The smallest absolute Gasteiger partial charge is 0.00702 e. The van der Waals surface area contributed by atoms with Crippen molar-refractivity contribution in [3.63, 3.8) is 0 Å². The van der Waals surface area contributed by atoms with Gasteiger partial charge in [0.05, 0.1) is 0 Å². The summed E-state index contributed by atoms with van der Waals surface area (Å²) in [5.74, 6) is 0.737. The van der Waals surface area contributed by atoms with E-state index >= 15 is 0 Å². The first-order chi connectivity index (χ1) is 8.86. The van der Waals surface area contributed by atoms with Gasteiger partial charge in [-0.05, 0) is 48.1 Å². The lowest BCUT2D eigenvalue weighted by Crippen LogP contribution is -2.36. The number of hydrogen-bond acceptors (Lipinski definition) is 1. The number of nitrogens with one attached hydrogen (secondary N) is 1. The average Bonchev–Trinajstić information content (AvgIpc) is 2.47. The van der Waals surface area contributed by atoms with Crippen LogP contribution >= 0.6 is 0 Å². The predicted octanol–water partition coefficient (Wildman–Crippen LogP) is 4.09. The first kappa shape index (κ1) is 11.7. The van der Waals surface area contributed by atoms with Crippen molar-refractivity contribution in [1.29, 1.82) is 0 Å². The van der Waals surface area contributed by atoms with Crippen LogP contribution in [-0.2, 0) is 0 Å². The molecule has 1 fully saturated rings. The van der Waals surface area contributed by atoms with Gasteiger partial charge < -0.3 is 5.32 Å². The van der Waals surface area contributed by atoms with Crippen LogP contribution in [0.25, 0.3) is 10.8 Å². The summed E-state index contributed by atoms with van der Waals surface area (Å²) in [6, 6.07) is 16.3. The van der Waals surface area contributed by atoms with E-state index in [0.717, 1.165) is 12.5 Å². The van der Waals surface area contributed by atoms with Crippen molar-refractivity contribution in [2.24, 2.45) is 0 Å². The maximum atomic E-state index is 3.61. The molecule has 1 aliphatic rings. The molecule has 0 aliphatic carbocycles. The molecule has 2 aromatic rings. The molecule has 0 amide bonds. The molecule has 0 saturated carbocycles. The Kier molecular flexibility index (Phi) is 3.33. The van der Waals surface area contributed by atoms with Gasteiger partial charge in [0, 0.05) is 6.04 Å². The van der Waals surface area contributed by atoms with Crippen molar-refractivity contribution >= 4 is 10.8 Å². The largest absolute Gasteiger partial charge is 0.314 e. The highest BCUT2D eigenvalue weighted by Gasteiger charge is 2.21. The first-order valence-electron chi connectivity index (χ1n) is 7.09. The second-order valence-corrected chi connectivity index (χ2v) is 5.39. The Morgan fingerprint density at radius 1 is 1.11 bits per heavy atom.